The van der Waals surface area contributed by atoms with Crippen molar-refractivity contribution in [2.75, 3.05) is 6.61 Å². The Morgan fingerprint density at radius 1 is 0.909 bits per heavy atom. The average Bonchev–Trinajstić information content (AvgIpc) is 2.25. The highest BCUT2D eigenvalue weighted by Gasteiger charge is 2.40. The normalized spacial score (nSPS) is 15.7. The van der Waals surface area contributed by atoms with Crippen molar-refractivity contribution in [3.05, 3.63) is 0 Å². The molecule has 0 unspecified atom stereocenters. The highest BCUT2D eigenvalue weighted by Crippen LogP contribution is 2.39. The van der Waals surface area contributed by atoms with Crippen LogP contribution >= 0.6 is 0 Å². The zero-order valence-electron chi connectivity index (χ0n) is 16.5. The summed E-state index contributed by atoms with van der Waals surface area (Å²) < 4.78 is 12.6. The summed E-state index contributed by atoms with van der Waals surface area (Å²) in [5.74, 6) is 0. The van der Waals surface area contributed by atoms with Gasteiger partial charge in [-0.1, -0.05) is 41.5 Å². The molecule has 5 heteroatoms. The van der Waals surface area contributed by atoms with Crippen molar-refractivity contribution in [1.82, 2.24) is 0 Å². The summed E-state index contributed by atoms with van der Waals surface area (Å²) in [7, 11) is -3.56. The second-order valence-electron chi connectivity index (χ2n) is 9.30. The van der Waals surface area contributed by atoms with E-state index in [9.17, 15) is 4.79 Å². The molecule has 0 aliphatic rings. The Bertz CT molecular complexity index is 352. The first-order valence-corrected chi connectivity index (χ1v) is 14.2. The molecule has 0 spiro atoms. The van der Waals surface area contributed by atoms with Crippen molar-refractivity contribution in [2.45, 2.75) is 96.8 Å². The van der Waals surface area contributed by atoms with Crippen LogP contribution in [0, 0.1) is 0 Å². The molecule has 22 heavy (non-hydrogen) atoms. The molecule has 0 saturated carbocycles. The molecule has 0 fully saturated rings. The first-order valence-electron chi connectivity index (χ1n) is 8.39. The minimum atomic E-state index is -1.84. The Morgan fingerprint density at radius 3 is 1.73 bits per heavy atom. The predicted octanol–water partition coefficient (Wildman–Crippen LogP) is 5.38. The SMILES string of the molecule is CC(C)(C)[Si](C)(C)OCC[C@H](CC=O)O[Si](C)(C)C(C)(C)C. The lowest BCUT2D eigenvalue weighted by Crippen LogP contribution is -2.45. The lowest BCUT2D eigenvalue weighted by atomic mass is 10.2. The smallest absolute Gasteiger partial charge is 0.192 e. The number of hydrogen-bond acceptors (Lipinski definition) is 3. The summed E-state index contributed by atoms with van der Waals surface area (Å²) in [6, 6.07) is 0. The van der Waals surface area contributed by atoms with Gasteiger partial charge in [-0.15, -0.1) is 0 Å². The van der Waals surface area contributed by atoms with Gasteiger partial charge >= 0.3 is 0 Å². The van der Waals surface area contributed by atoms with Gasteiger partial charge in [0.15, 0.2) is 16.6 Å². The molecule has 0 saturated heterocycles. The number of hydrogen-bond donors (Lipinski definition) is 0. The Morgan fingerprint density at radius 2 is 1.36 bits per heavy atom. The topological polar surface area (TPSA) is 35.5 Å². The van der Waals surface area contributed by atoms with Crippen molar-refractivity contribution in [3.63, 3.8) is 0 Å². The van der Waals surface area contributed by atoms with Crippen molar-refractivity contribution in [1.29, 1.82) is 0 Å². The van der Waals surface area contributed by atoms with E-state index in [2.05, 4.69) is 67.7 Å². The third-order valence-electron chi connectivity index (χ3n) is 5.34. The maximum absolute atomic E-state index is 11.0. The lowest BCUT2D eigenvalue weighted by Gasteiger charge is -2.40. The van der Waals surface area contributed by atoms with Crippen molar-refractivity contribution in [3.8, 4) is 0 Å². The molecule has 0 amide bonds. The molecular weight excluding hydrogens is 308 g/mol. The van der Waals surface area contributed by atoms with Crippen LogP contribution in [-0.4, -0.2) is 35.6 Å². The minimum absolute atomic E-state index is 0.0110. The monoisotopic (exact) mass is 346 g/mol. The summed E-state index contributed by atoms with van der Waals surface area (Å²) in [5.41, 5.74) is 0. The van der Waals surface area contributed by atoms with Gasteiger partial charge in [-0.3, -0.25) is 0 Å². The molecule has 0 aliphatic heterocycles. The molecule has 1 atom stereocenters. The van der Waals surface area contributed by atoms with Crippen LogP contribution < -0.4 is 0 Å². The molecule has 0 aromatic rings. The van der Waals surface area contributed by atoms with Gasteiger partial charge in [0.05, 0.1) is 6.10 Å². The van der Waals surface area contributed by atoms with Gasteiger partial charge in [0.1, 0.15) is 6.29 Å². The molecule has 0 aromatic heterocycles. The molecule has 0 radical (unpaired) electrons. The Kier molecular flexibility index (Phi) is 7.74. The quantitative estimate of drug-likeness (QED) is 0.437. The molecule has 0 aliphatic carbocycles. The van der Waals surface area contributed by atoms with Crippen molar-refractivity contribution >= 4 is 22.9 Å². The molecule has 0 bridgehead atoms. The minimum Gasteiger partial charge on any atom is -0.417 e. The Hall–Kier alpha value is 0.0238. The largest absolute Gasteiger partial charge is 0.417 e. The Labute approximate surface area is 140 Å². The fraction of sp³-hybridized carbons (Fsp3) is 0.941. The maximum Gasteiger partial charge on any atom is 0.192 e. The fourth-order valence-corrected chi connectivity index (χ4v) is 4.05. The van der Waals surface area contributed by atoms with Gasteiger partial charge < -0.3 is 13.6 Å². The second-order valence-corrected chi connectivity index (χ2v) is 18.9. The van der Waals surface area contributed by atoms with Crippen LogP contribution in [-0.2, 0) is 13.6 Å². The van der Waals surface area contributed by atoms with E-state index in [1.807, 2.05) is 0 Å². The van der Waals surface area contributed by atoms with Crippen molar-refractivity contribution < 1.29 is 13.6 Å². The standard InChI is InChI=1S/C17H38O3Si2/c1-16(2,3)21(7,8)19-14-12-15(11-13-18)20-22(9,10)17(4,5)6/h13,15H,11-12,14H2,1-10H3/t15-/m0/s1. The van der Waals surface area contributed by atoms with Gasteiger partial charge in [-0.05, 0) is 42.7 Å². The number of rotatable bonds is 8. The number of carbonyl (C=O) groups excluding carboxylic acids is 1. The van der Waals surface area contributed by atoms with Gasteiger partial charge in [0, 0.05) is 13.0 Å². The van der Waals surface area contributed by atoms with E-state index < -0.39 is 16.6 Å². The number of carbonyl (C=O) groups is 1. The highest BCUT2D eigenvalue weighted by atomic mass is 28.4. The summed E-state index contributed by atoms with van der Waals surface area (Å²) in [6.07, 6.45) is 2.23. The van der Waals surface area contributed by atoms with E-state index in [-0.39, 0.29) is 16.2 Å². The second kappa shape index (κ2) is 7.73. The third kappa shape index (κ3) is 6.64. The van der Waals surface area contributed by atoms with E-state index in [0.29, 0.717) is 13.0 Å². The van der Waals surface area contributed by atoms with Crippen molar-refractivity contribution in [2.24, 2.45) is 0 Å². The van der Waals surface area contributed by atoms with E-state index in [0.717, 1.165) is 12.7 Å². The van der Waals surface area contributed by atoms with Gasteiger partial charge in [0.25, 0.3) is 0 Å². The molecule has 132 valence electrons. The van der Waals surface area contributed by atoms with Crippen LogP contribution in [0.1, 0.15) is 54.4 Å². The fourth-order valence-electron chi connectivity index (χ4n) is 1.59. The van der Waals surface area contributed by atoms with Gasteiger partial charge in [0.2, 0.25) is 0 Å². The first-order chi connectivity index (χ1) is 9.64. The molecule has 0 rings (SSSR count). The van der Waals surface area contributed by atoms with Gasteiger partial charge in [-0.2, -0.15) is 0 Å². The van der Waals surface area contributed by atoms with E-state index in [1.165, 1.54) is 0 Å². The maximum atomic E-state index is 11.0. The van der Waals surface area contributed by atoms with E-state index >= 15 is 0 Å². The number of aldehydes is 1. The van der Waals surface area contributed by atoms with Crippen LogP contribution in [0.25, 0.3) is 0 Å². The van der Waals surface area contributed by atoms with Crippen LogP contribution in [0.15, 0.2) is 0 Å². The molecule has 0 heterocycles. The summed E-state index contributed by atoms with van der Waals surface area (Å²) >= 11 is 0. The zero-order valence-corrected chi connectivity index (χ0v) is 18.5. The average molecular weight is 347 g/mol. The van der Waals surface area contributed by atoms with E-state index in [4.69, 9.17) is 8.85 Å². The van der Waals surface area contributed by atoms with Crippen LogP contribution in [0.4, 0.5) is 0 Å². The Balaban J connectivity index is 4.66. The third-order valence-corrected chi connectivity index (χ3v) is 14.4. The predicted molar refractivity (Wildman–Crippen MR) is 101 cm³/mol. The molecular formula is C17H38O3Si2. The molecule has 0 aromatic carbocycles. The van der Waals surface area contributed by atoms with Crippen LogP contribution in [0.3, 0.4) is 0 Å². The highest BCUT2D eigenvalue weighted by molar-refractivity contribution is 6.74. The van der Waals surface area contributed by atoms with E-state index in [1.54, 1.807) is 0 Å². The first kappa shape index (κ1) is 22.0. The van der Waals surface area contributed by atoms with Crippen LogP contribution in [0.5, 0.6) is 0 Å². The molecule has 3 nitrogen and oxygen atoms in total. The van der Waals surface area contributed by atoms with Crippen LogP contribution in [0.2, 0.25) is 36.3 Å². The summed E-state index contributed by atoms with van der Waals surface area (Å²) in [6.45, 7) is 23.1. The summed E-state index contributed by atoms with van der Waals surface area (Å²) in [5, 5.41) is 0.377. The lowest BCUT2D eigenvalue weighted by molar-refractivity contribution is -0.109. The molecule has 0 N–H and O–H groups in total. The van der Waals surface area contributed by atoms with Gasteiger partial charge in [-0.25, -0.2) is 0 Å². The zero-order chi connectivity index (χ0) is 17.8. The summed E-state index contributed by atoms with van der Waals surface area (Å²) in [4.78, 5) is 11.0.